The number of methoxy groups -OCH3 is 3. The zero-order valence-electron chi connectivity index (χ0n) is 15.7. The van der Waals surface area contributed by atoms with Crippen molar-refractivity contribution in [1.29, 1.82) is 0 Å². The molecule has 24 heavy (non-hydrogen) atoms. The Morgan fingerprint density at radius 3 is 2.00 bits per heavy atom. The summed E-state index contributed by atoms with van der Waals surface area (Å²) in [4.78, 5) is 0.823. The summed E-state index contributed by atoms with van der Waals surface area (Å²) in [5, 5.41) is 0. The summed E-state index contributed by atoms with van der Waals surface area (Å²) in [5.41, 5.74) is 0. The summed E-state index contributed by atoms with van der Waals surface area (Å²) < 4.78 is 34.2. The predicted molar refractivity (Wildman–Crippen MR) is 101 cm³/mol. The topological polar surface area (TPSA) is 57.1 Å². The number of hydrogen-bond acceptors (Lipinski definition) is 5. The molecule has 0 spiro atoms. The van der Waals surface area contributed by atoms with Crippen LogP contribution < -0.4 is 0 Å². The van der Waals surface area contributed by atoms with E-state index < -0.39 is 23.9 Å². The van der Waals surface area contributed by atoms with Crippen LogP contribution in [0.4, 0.5) is 0 Å². The number of benzene rings is 1. The fraction of sp³-hybridized carbons (Fsp3) is 0.647. The molecule has 0 aromatic heterocycles. The van der Waals surface area contributed by atoms with E-state index in [1.807, 2.05) is 30.3 Å². The predicted octanol–water partition coefficient (Wildman–Crippen LogP) is 4.11. The van der Waals surface area contributed by atoms with Crippen LogP contribution in [-0.4, -0.2) is 45.5 Å². The molecule has 0 heterocycles. The Morgan fingerprint density at radius 1 is 1.00 bits per heavy atom. The van der Waals surface area contributed by atoms with Crippen LogP contribution in [-0.2, 0) is 23.9 Å². The third-order valence-electron chi connectivity index (χ3n) is 3.62. The van der Waals surface area contributed by atoms with Gasteiger partial charge >= 0.3 is 0 Å². The minimum absolute atomic E-state index is 0.536. The van der Waals surface area contributed by atoms with Crippen molar-refractivity contribution in [2.24, 2.45) is 4.03 Å². The highest BCUT2D eigenvalue weighted by Crippen LogP contribution is 2.23. The van der Waals surface area contributed by atoms with Crippen LogP contribution >= 0.6 is 0 Å². The highest BCUT2D eigenvalue weighted by Gasteiger charge is 2.29. The lowest BCUT2D eigenvalue weighted by atomic mass is 10.2. The van der Waals surface area contributed by atoms with Gasteiger partial charge in [0.1, 0.15) is 0 Å². The van der Waals surface area contributed by atoms with E-state index in [1.54, 1.807) is 21.3 Å². The molecule has 138 valence electrons. The normalized spacial score (nSPS) is 15.1. The highest BCUT2D eigenvalue weighted by atomic mass is 32.2. The van der Waals surface area contributed by atoms with Crippen molar-refractivity contribution in [3.8, 4) is 0 Å². The third-order valence-corrected chi connectivity index (χ3v) is 8.84. The van der Waals surface area contributed by atoms with E-state index in [9.17, 15) is 4.21 Å². The lowest BCUT2D eigenvalue weighted by molar-refractivity contribution is -0.355. The highest BCUT2D eigenvalue weighted by molar-refractivity contribution is 7.94. The van der Waals surface area contributed by atoms with Gasteiger partial charge in [-0.3, -0.25) is 4.03 Å². The lowest BCUT2D eigenvalue weighted by Gasteiger charge is -2.28. The van der Waals surface area contributed by atoms with Gasteiger partial charge in [0.05, 0.1) is 9.73 Å². The van der Waals surface area contributed by atoms with Crippen molar-refractivity contribution < 1.29 is 18.4 Å². The van der Waals surface area contributed by atoms with Gasteiger partial charge in [0.2, 0.25) is 0 Å². The molecule has 0 N–H and O–H groups in total. The van der Waals surface area contributed by atoms with Crippen LogP contribution in [0.2, 0.25) is 19.6 Å². The maximum absolute atomic E-state index is 13.5. The maximum Gasteiger partial charge on any atom is 0.282 e. The van der Waals surface area contributed by atoms with Gasteiger partial charge < -0.3 is 14.2 Å². The number of rotatable bonds is 10. The molecular formula is C17H31NO4SSi. The van der Waals surface area contributed by atoms with Crippen molar-refractivity contribution >= 4 is 18.0 Å². The summed E-state index contributed by atoms with van der Waals surface area (Å²) >= 11 is 0. The maximum atomic E-state index is 13.5. The molecule has 0 bridgehead atoms. The van der Waals surface area contributed by atoms with Gasteiger partial charge in [-0.25, -0.2) is 4.21 Å². The van der Waals surface area contributed by atoms with Crippen molar-refractivity contribution in [3.63, 3.8) is 0 Å². The Kier molecular flexibility index (Phi) is 8.08. The van der Waals surface area contributed by atoms with Gasteiger partial charge in [-0.15, -0.1) is 0 Å². The molecule has 0 saturated carbocycles. The molecule has 1 atom stereocenters. The first-order chi connectivity index (χ1) is 11.2. The van der Waals surface area contributed by atoms with Crippen LogP contribution in [0.1, 0.15) is 19.3 Å². The molecule has 0 aliphatic carbocycles. The molecule has 1 aromatic carbocycles. The second-order valence-electron chi connectivity index (χ2n) is 6.67. The molecule has 0 radical (unpaired) electrons. The van der Waals surface area contributed by atoms with E-state index in [0.29, 0.717) is 12.2 Å². The Bertz CT molecular complexity index is 595. The Morgan fingerprint density at radius 2 is 1.54 bits per heavy atom. The van der Waals surface area contributed by atoms with Gasteiger partial charge in [0, 0.05) is 38.4 Å². The molecule has 1 rings (SSSR count). The largest absolute Gasteiger partial charge is 0.331 e. The number of hydrogen-bond donors (Lipinski definition) is 0. The standard InChI is InChI=1S/C17H31NO4SSi/c1-20-17(21-2,22-3)14-10-11-15-23(19,18-24(4,5)6)16-12-8-7-9-13-16/h7-9,12-13H,10-11,14-15H2,1-6H3/t23-/m0/s1. The molecule has 0 aliphatic heterocycles. The first-order valence-electron chi connectivity index (χ1n) is 8.17. The smallest absolute Gasteiger partial charge is 0.282 e. The van der Waals surface area contributed by atoms with Crippen LogP contribution in [0.3, 0.4) is 0 Å². The monoisotopic (exact) mass is 373 g/mol. The molecule has 5 nitrogen and oxygen atoms in total. The second kappa shape index (κ2) is 9.10. The van der Waals surface area contributed by atoms with Gasteiger partial charge in [-0.2, -0.15) is 0 Å². The average Bonchev–Trinajstić information content (AvgIpc) is 2.55. The second-order valence-corrected chi connectivity index (χ2v) is 13.9. The van der Waals surface area contributed by atoms with Crippen molar-refractivity contribution in [2.75, 3.05) is 27.1 Å². The average molecular weight is 374 g/mol. The van der Waals surface area contributed by atoms with Crippen LogP contribution in [0, 0.1) is 0 Å². The van der Waals surface area contributed by atoms with Crippen molar-refractivity contribution in [2.45, 2.75) is 49.8 Å². The van der Waals surface area contributed by atoms with Gasteiger partial charge in [-0.05, 0) is 44.6 Å². The molecule has 0 amide bonds. The Labute approximate surface area is 148 Å². The van der Waals surface area contributed by atoms with Crippen LogP contribution in [0.5, 0.6) is 0 Å². The van der Waals surface area contributed by atoms with Gasteiger partial charge in [0.15, 0.2) is 8.24 Å². The number of nitrogens with zero attached hydrogens (tertiary/aromatic N) is 1. The molecular weight excluding hydrogens is 342 g/mol. The summed E-state index contributed by atoms with van der Waals surface area (Å²) in [6, 6.07) is 9.59. The molecule has 0 fully saturated rings. The fourth-order valence-corrected chi connectivity index (χ4v) is 8.23. The summed E-state index contributed by atoms with van der Waals surface area (Å²) in [6.07, 6.45) is 2.12. The van der Waals surface area contributed by atoms with Crippen LogP contribution in [0.15, 0.2) is 39.3 Å². The number of ether oxygens (including phenoxy) is 3. The van der Waals surface area contributed by atoms with Gasteiger partial charge in [0.25, 0.3) is 5.97 Å². The molecule has 7 heteroatoms. The summed E-state index contributed by atoms with van der Waals surface area (Å²) in [5.74, 6) is -0.488. The van der Waals surface area contributed by atoms with E-state index >= 15 is 0 Å². The van der Waals surface area contributed by atoms with Crippen molar-refractivity contribution in [1.82, 2.24) is 0 Å². The first kappa shape index (κ1) is 21.3. The van der Waals surface area contributed by atoms with E-state index in [0.717, 1.165) is 17.7 Å². The SMILES string of the molecule is COC(CCCC[S@@](=O)(=N[Si](C)(C)C)c1ccccc1)(OC)OC. The van der Waals surface area contributed by atoms with Gasteiger partial charge in [-0.1, -0.05) is 18.2 Å². The van der Waals surface area contributed by atoms with E-state index in [1.165, 1.54) is 0 Å². The van der Waals surface area contributed by atoms with E-state index in [2.05, 4.69) is 19.6 Å². The Balaban J connectivity index is 2.86. The zero-order chi connectivity index (χ0) is 18.3. The molecule has 0 aliphatic rings. The quantitative estimate of drug-likeness (QED) is 0.352. The van der Waals surface area contributed by atoms with E-state index in [-0.39, 0.29) is 0 Å². The Hall–Kier alpha value is -0.733. The minimum Gasteiger partial charge on any atom is -0.331 e. The first-order valence-corrected chi connectivity index (χ1v) is 13.3. The minimum atomic E-state index is -2.40. The summed E-state index contributed by atoms with van der Waals surface area (Å²) in [6.45, 7) is 6.34. The number of unbranched alkanes of at least 4 members (excludes halogenated alkanes) is 1. The molecule has 0 unspecified atom stereocenters. The molecule has 0 saturated heterocycles. The molecule has 1 aromatic rings. The van der Waals surface area contributed by atoms with Crippen LogP contribution in [0.25, 0.3) is 0 Å². The third kappa shape index (κ3) is 6.29. The zero-order valence-corrected chi connectivity index (χ0v) is 17.5. The van der Waals surface area contributed by atoms with Crippen molar-refractivity contribution in [3.05, 3.63) is 30.3 Å². The summed E-state index contributed by atoms with van der Waals surface area (Å²) in [7, 11) is 0.452. The van der Waals surface area contributed by atoms with E-state index in [4.69, 9.17) is 18.2 Å². The fourth-order valence-electron chi connectivity index (χ4n) is 2.49. The lowest BCUT2D eigenvalue weighted by Crippen LogP contribution is -2.35.